The second-order valence-corrected chi connectivity index (χ2v) is 8.86. The topological polar surface area (TPSA) is 42.6 Å². The molecule has 2 aromatic carbocycles. The van der Waals surface area contributed by atoms with Crippen molar-refractivity contribution in [2.45, 2.75) is 6.18 Å². The van der Waals surface area contributed by atoms with Crippen molar-refractivity contribution in [1.82, 2.24) is 0 Å². The van der Waals surface area contributed by atoms with Crippen LogP contribution in [0.4, 0.5) is 13.2 Å². The van der Waals surface area contributed by atoms with Gasteiger partial charge in [0.2, 0.25) is 5.12 Å². The van der Waals surface area contributed by atoms with Gasteiger partial charge in [0.1, 0.15) is 22.3 Å². The number of alkyl halides is 3. The summed E-state index contributed by atoms with van der Waals surface area (Å²) < 4.78 is 45.4. The van der Waals surface area contributed by atoms with Crippen molar-refractivity contribution in [2.75, 3.05) is 0 Å². The molecule has 0 N–H and O–H groups in total. The van der Waals surface area contributed by atoms with E-state index in [2.05, 4.69) is 27.6 Å². The molecule has 0 fully saturated rings. The molecule has 0 atom stereocenters. The van der Waals surface area contributed by atoms with Crippen LogP contribution in [0, 0.1) is 3.57 Å². The highest BCUT2D eigenvalue weighted by Crippen LogP contribution is 2.35. The van der Waals surface area contributed by atoms with Gasteiger partial charge in [-0.05, 0) is 76.8 Å². The summed E-state index contributed by atoms with van der Waals surface area (Å²) in [4.78, 5) is 16.7. The monoisotopic (exact) mass is 559 g/mol. The molecule has 3 aromatic rings. The van der Waals surface area contributed by atoms with Gasteiger partial charge in [0.05, 0.1) is 10.6 Å². The van der Waals surface area contributed by atoms with Crippen molar-refractivity contribution in [3.05, 3.63) is 85.8 Å². The van der Waals surface area contributed by atoms with E-state index in [-0.39, 0.29) is 22.1 Å². The van der Waals surface area contributed by atoms with E-state index in [9.17, 15) is 18.0 Å². The van der Waals surface area contributed by atoms with Crippen LogP contribution in [0.1, 0.15) is 16.9 Å². The SMILES string of the molecule is O=C1SC(c2cc(I)ccc2Cl)=NC1=Cc1ccc(-c2cccc(C(F)(F)F)c2)o1. The van der Waals surface area contributed by atoms with Gasteiger partial charge in [-0.15, -0.1) is 0 Å². The third-order valence-electron chi connectivity index (χ3n) is 4.16. The summed E-state index contributed by atoms with van der Waals surface area (Å²) in [5.41, 5.74) is 0.364. The Balaban J connectivity index is 1.64. The fraction of sp³-hybridized carbons (Fsp3) is 0.0476. The Hall–Kier alpha value is -2.04. The number of benzene rings is 2. The summed E-state index contributed by atoms with van der Waals surface area (Å²) in [6, 6.07) is 13.4. The van der Waals surface area contributed by atoms with Crippen LogP contribution in [0.2, 0.25) is 5.02 Å². The van der Waals surface area contributed by atoms with E-state index in [1.54, 1.807) is 18.2 Å². The maximum atomic E-state index is 12.9. The summed E-state index contributed by atoms with van der Waals surface area (Å²) in [7, 11) is 0. The molecule has 0 unspecified atom stereocenters. The number of rotatable bonds is 3. The minimum atomic E-state index is -4.44. The zero-order valence-electron chi connectivity index (χ0n) is 14.8. The van der Waals surface area contributed by atoms with Gasteiger partial charge in [0.25, 0.3) is 0 Å². The highest BCUT2D eigenvalue weighted by atomic mass is 127. The first-order valence-corrected chi connectivity index (χ1v) is 10.7. The molecule has 1 aliphatic rings. The lowest BCUT2D eigenvalue weighted by Crippen LogP contribution is -2.04. The smallest absolute Gasteiger partial charge is 0.416 e. The van der Waals surface area contributed by atoms with E-state index in [0.717, 1.165) is 27.5 Å². The lowest BCUT2D eigenvalue weighted by atomic mass is 10.1. The third kappa shape index (κ3) is 4.50. The molecule has 1 aliphatic heterocycles. The third-order valence-corrected chi connectivity index (χ3v) is 6.06. The van der Waals surface area contributed by atoms with Crippen LogP contribution < -0.4 is 0 Å². The average Bonchev–Trinajstić information content (AvgIpc) is 3.30. The lowest BCUT2D eigenvalue weighted by molar-refractivity contribution is -0.137. The summed E-state index contributed by atoms with van der Waals surface area (Å²) in [5, 5.41) is 0.705. The molecular weight excluding hydrogens is 550 g/mol. The number of carbonyl (C=O) groups excluding carboxylic acids is 1. The van der Waals surface area contributed by atoms with E-state index in [1.807, 2.05) is 12.1 Å². The van der Waals surface area contributed by atoms with Crippen LogP contribution in [0.25, 0.3) is 17.4 Å². The molecular formula is C21H10ClF3INO2S. The van der Waals surface area contributed by atoms with Crippen molar-refractivity contribution >= 4 is 62.2 Å². The first-order valence-electron chi connectivity index (χ1n) is 8.46. The molecule has 0 radical (unpaired) electrons. The Bertz CT molecular complexity index is 1220. The number of hydrogen-bond donors (Lipinski definition) is 0. The maximum absolute atomic E-state index is 12.9. The summed E-state index contributed by atoms with van der Waals surface area (Å²) in [5.74, 6) is 0.570. The van der Waals surface area contributed by atoms with Gasteiger partial charge in [-0.3, -0.25) is 4.79 Å². The minimum absolute atomic E-state index is 0.176. The molecule has 3 nitrogen and oxygen atoms in total. The fourth-order valence-electron chi connectivity index (χ4n) is 2.75. The van der Waals surface area contributed by atoms with Gasteiger partial charge in [0, 0.05) is 20.8 Å². The maximum Gasteiger partial charge on any atom is 0.416 e. The number of carbonyl (C=O) groups is 1. The number of nitrogens with zero attached hydrogens (tertiary/aromatic N) is 1. The summed E-state index contributed by atoms with van der Waals surface area (Å²) in [6.45, 7) is 0. The van der Waals surface area contributed by atoms with E-state index < -0.39 is 11.7 Å². The van der Waals surface area contributed by atoms with Crippen molar-refractivity contribution in [1.29, 1.82) is 0 Å². The molecule has 9 heteroatoms. The van der Waals surface area contributed by atoms with E-state index in [1.165, 1.54) is 18.2 Å². The predicted molar refractivity (Wildman–Crippen MR) is 120 cm³/mol. The predicted octanol–water partition coefficient (Wildman–Crippen LogP) is 7.28. The number of thioether (sulfide) groups is 1. The van der Waals surface area contributed by atoms with Crippen LogP contribution in [-0.4, -0.2) is 10.2 Å². The van der Waals surface area contributed by atoms with Crippen LogP contribution in [0.3, 0.4) is 0 Å². The molecule has 0 spiro atoms. The van der Waals surface area contributed by atoms with E-state index >= 15 is 0 Å². The van der Waals surface area contributed by atoms with Gasteiger partial charge in [0.15, 0.2) is 0 Å². The molecule has 30 heavy (non-hydrogen) atoms. The molecule has 0 bridgehead atoms. The van der Waals surface area contributed by atoms with E-state index in [0.29, 0.717) is 21.4 Å². The van der Waals surface area contributed by atoms with Crippen LogP contribution >= 0.6 is 46.0 Å². The minimum Gasteiger partial charge on any atom is -0.457 e. The molecule has 1 aromatic heterocycles. The molecule has 0 aliphatic carbocycles. The Morgan fingerprint density at radius 2 is 1.90 bits per heavy atom. The molecule has 2 heterocycles. The molecule has 152 valence electrons. The standard InChI is InChI=1S/C21H10ClF3INO2S/c22-16-6-4-13(26)9-15(16)19-27-17(20(28)30-19)10-14-5-7-18(29-14)11-2-1-3-12(8-11)21(23,24)25/h1-10H. The Labute approximate surface area is 192 Å². The van der Waals surface area contributed by atoms with Crippen molar-refractivity contribution in [3.63, 3.8) is 0 Å². The molecule has 0 saturated heterocycles. The van der Waals surface area contributed by atoms with Gasteiger partial charge < -0.3 is 4.42 Å². The molecule has 4 rings (SSSR count). The van der Waals surface area contributed by atoms with Crippen molar-refractivity contribution < 1.29 is 22.4 Å². The van der Waals surface area contributed by atoms with Crippen LogP contribution in [-0.2, 0) is 11.0 Å². The van der Waals surface area contributed by atoms with Crippen LogP contribution in [0.15, 0.2) is 69.7 Å². The Kier molecular flexibility index (Phi) is 5.82. The fourth-order valence-corrected chi connectivity index (χ4v) is 4.32. The van der Waals surface area contributed by atoms with Crippen molar-refractivity contribution in [3.8, 4) is 11.3 Å². The Morgan fingerprint density at radius 3 is 2.67 bits per heavy atom. The normalized spacial score (nSPS) is 15.7. The number of hydrogen-bond acceptors (Lipinski definition) is 4. The lowest BCUT2D eigenvalue weighted by Gasteiger charge is -2.07. The molecule has 0 amide bonds. The molecule has 0 saturated carbocycles. The largest absolute Gasteiger partial charge is 0.457 e. The van der Waals surface area contributed by atoms with Gasteiger partial charge in [-0.1, -0.05) is 23.7 Å². The van der Waals surface area contributed by atoms with Gasteiger partial charge in [-0.2, -0.15) is 13.2 Å². The Morgan fingerprint density at radius 1 is 1.10 bits per heavy atom. The zero-order chi connectivity index (χ0) is 21.5. The number of halogens is 5. The van der Waals surface area contributed by atoms with Crippen molar-refractivity contribution in [2.24, 2.45) is 4.99 Å². The van der Waals surface area contributed by atoms with Crippen LogP contribution in [0.5, 0.6) is 0 Å². The summed E-state index contributed by atoms with van der Waals surface area (Å²) >= 11 is 9.33. The van der Waals surface area contributed by atoms with Gasteiger partial charge >= 0.3 is 6.18 Å². The number of furan rings is 1. The zero-order valence-corrected chi connectivity index (χ0v) is 18.6. The second kappa shape index (κ2) is 8.24. The average molecular weight is 560 g/mol. The summed E-state index contributed by atoms with van der Waals surface area (Å²) in [6.07, 6.45) is -2.98. The first kappa shape index (κ1) is 21.2. The number of aliphatic imine (C=N–C) groups is 1. The highest BCUT2D eigenvalue weighted by Gasteiger charge is 2.30. The van der Waals surface area contributed by atoms with Gasteiger partial charge in [-0.25, -0.2) is 4.99 Å². The quantitative estimate of drug-likeness (QED) is 0.250. The first-order chi connectivity index (χ1) is 14.2. The highest BCUT2D eigenvalue weighted by molar-refractivity contribution is 14.1. The second-order valence-electron chi connectivity index (χ2n) is 6.24. The van der Waals surface area contributed by atoms with E-state index in [4.69, 9.17) is 16.0 Å².